The van der Waals surface area contributed by atoms with Gasteiger partial charge in [0.25, 0.3) is 0 Å². The summed E-state index contributed by atoms with van der Waals surface area (Å²) in [5, 5.41) is 10.5. The van der Waals surface area contributed by atoms with Crippen molar-refractivity contribution >= 4 is 35.1 Å². The van der Waals surface area contributed by atoms with Gasteiger partial charge in [0.2, 0.25) is 0 Å². The van der Waals surface area contributed by atoms with Gasteiger partial charge in [-0.3, -0.25) is 0 Å². The molecule has 324 valence electrons. The van der Waals surface area contributed by atoms with E-state index in [9.17, 15) is 23.5 Å². The maximum atomic E-state index is 13.2. The fourth-order valence-corrected chi connectivity index (χ4v) is 7.43. The lowest BCUT2D eigenvalue weighted by Crippen LogP contribution is -2.07. The SMILES string of the molecule is CCOC(=O)c1cccc(-n2c(C)ccc2-c2cc(Cl)ccc2OCc2ccc(F)cc2)c1.Cc1ccc(-c2cc(Cl)ccc2OCc2ccc(F)cc2)n1-c1cccc(C(=O)O)c1. The topological polar surface area (TPSA) is 91.9 Å². The number of benzene rings is 6. The summed E-state index contributed by atoms with van der Waals surface area (Å²) < 4.78 is 47.7. The van der Waals surface area contributed by atoms with E-state index in [1.54, 1.807) is 79.7 Å². The Labute approximate surface area is 379 Å². The third kappa shape index (κ3) is 10.7. The third-order valence-corrected chi connectivity index (χ3v) is 10.6. The van der Waals surface area contributed by atoms with Gasteiger partial charge in [0.15, 0.2) is 0 Å². The smallest absolute Gasteiger partial charge is 0.338 e. The van der Waals surface area contributed by atoms with Crippen LogP contribution in [0.1, 0.15) is 50.2 Å². The second-order valence-electron chi connectivity index (χ2n) is 14.6. The van der Waals surface area contributed by atoms with Crippen molar-refractivity contribution in [1.82, 2.24) is 9.13 Å². The molecule has 0 atom stereocenters. The Morgan fingerprint density at radius 3 is 1.44 bits per heavy atom. The normalized spacial score (nSPS) is 10.8. The van der Waals surface area contributed by atoms with Crippen molar-refractivity contribution in [1.29, 1.82) is 0 Å². The molecule has 6 aromatic carbocycles. The molecule has 0 spiro atoms. The van der Waals surface area contributed by atoms with Crippen LogP contribution in [0.4, 0.5) is 8.78 Å². The molecule has 0 unspecified atom stereocenters. The fourth-order valence-electron chi connectivity index (χ4n) is 7.09. The molecule has 12 heteroatoms. The third-order valence-electron chi connectivity index (χ3n) is 10.2. The van der Waals surface area contributed by atoms with Gasteiger partial charge < -0.3 is 28.5 Å². The molecule has 0 saturated carbocycles. The molecular formula is C52H42Cl2F2N2O6. The lowest BCUT2D eigenvalue weighted by Gasteiger charge is -2.17. The van der Waals surface area contributed by atoms with Crippen LogP contribution in [0.3, 0.4) is 0 Å². The van der Waals surface area contributed by atoms with E-state index in [1.165, 1.54) is 24.3 Å². The van der Waals surface area contributed by atoms with Crippen LogP contribution in [0.2, 0.25) is 10.0 Å². The number of ether oxygens (including phenoxy) is 3. The molecule has 8 nitrogen and oxygen atoms in total. The highest BCUT2D eigenvalue weighted by atomic mass is 35.5. The average Bonchev–Trinajstić information content (AvgIpc) is 3.88. The van der Waals surface area contributed by atoms with E-state index in [1.807, 2.05) is 83.6 Å². The minimum absolute atomic E-state index is 0.204. The molecule has 8 rings (SSSR count). The molecule has 0 aliphatic rings. The second kappa shape index (κ2) is 20.4. The van der Waals surface area contributed by atoms with Crippen molar-refractivity contribution < 1.29 is 37.7 Å². The molecule has 2 heterocycles. The van der Waals surface area contributed by atoms with Crippen LogP contribution in [0.5, 0.6) is 11.5 Å². The molecule has 0 aliphatic heterocycles. The molecule has 0 amide bonds. The fraction of sp³-hybridized carbons (Fsp3) is 0.115. The summed E-state index contributed by atoms with van der Waals surface area (Å²) in [5.41, 5.74) is 9.09. The first-order valence-electron chi connectivity index (χ1n) is 20.2. The number of nitrogens with zero attached hydrogens (tertiary/aromatic N) is 2. The predicted molar refractivity (Wildman–Crippen MR) is 246 cm³/mol. The van der Waals surface area contributed by atoms with Gasteiger partial charge in [-0.25, -0.2) is 18.4 Å². The Morgan fingerprint density at radius 1 is 0.562 bits per heavy atom. The summed E-state index contributed by atoms with van der Waals surface area (Å²) in [4.78, 5) is 23.7. The highest BCUT2D eigenvalue weighted by molar-refractivity contribution is 6.31. The van der Waals surface area contributed by atoms with Gasteiger partial charge in [-0.1, -0.05) is 59.6 Å². The highest BCUT2D eigenvalue weighted by Gasteiger charge is 2.18. The largest absolute Gasteiger partial charge is 0.488 e. The van der Waals surface area contributed by atoms with Crippen LogP contribution < -0.4 is 9.47 Å². The zero-order valence-corrected chi connectivity index (χ0v) is 36.5. The molecule has 0 radical (unpaired) electrons. The van der Waals surface area contributed by atoms with Gasteiger partial charge in [-0.2, -0.15) is 0 Å². The highest BCUT2D eigenvalue weighted by Crippen LogP contribution is 2.38. The zero-order chi connectivity index (χ0) is 45.3. The summed E-state index contributed by atoms with van der Waals surface area (Å²) in [6.07, 6.45) is 0. The lowest BCUT2D eigenvalue weighted by molar-refractivity contribution is 0.0525. The van der Waals surface area contributed by atoms with E-state index >= 15 is 0 Å². The molecule has 2 aromatic heterocycles. The minimum Gasteiger partial charge on any atom is -0.488 e. The molecular weight excluding hydrogens is 857 g/mol. The summed E-state index contributed by atoms with van der Waals surface area (Å²) in [6.45, 7) is 6.58. The van der Waals surface area contributed by atoms with E-state index in [0.717, 1.165) is 56.4 Å². The quantitative estimate of drug-likeness (QED) is 0.116. The van der Waals surface area contributed by atoms with E-state index in [0.29, 0.717) is 33.7 Å². The zero-order valence-electron chi connectivity index (χ0n) is 35.0. The molecule has 64 heavy (non-hydrogen) atoms. The van der Waals surface area contributed by atoms with E-state index in [4.69, 9.17) is 37.4 Å². The summed E-state index contributed by atoms with van der Waals surface area (Å²) in [6, 6.07) is 45.1. The van der Waals surface area contributed by atoms with Crippen molar-refractivity contribution in [2.24, 2.45) is 0 Å². The van der Waals surface area contributed by atoms with E-state index in [2.05, 4.69) is 0 Å². The maximum absolute atomic E-state index is 13.2. The van der Waals surface area contributed by atoms with Crippen molar-refractivity contribution in [2.45, 2.75) is 34.0 Å². The van der Waals surface area contributed by atoms with Crippen molar-refractivity contribution in [2.75, 3.05) is 6.61 Å². The van der Waals surface area contributed by atoms with Crippen LogP contribution >= 0.6 is 23.2 Å². The second-order valence-corrected chi connectivity index (χ2v) is 15.5. The van der Waals surface area contributed by atoms with E-state index < -0.39 is 5.97 Å². The van der Waals surface area contributed by atoms with E-state index in [-0.39, 0.29) is 36.4 Å². The average molecular weight is 900 g/mol. The monoisotopic (exact) mass is 898 g/mol. The first kappa shape index (κ1) is 44.9. The van der Waals surface area contributed by atoms with Crippen molar-refractivity contribution in [3.8, 4) is 45.4 Å². The van der Waals surface area contributed by atoms with Crippen LogP contribution in [0.25, 0.3) is 33.9 Å². The molecule has 0 fully saturated rings. The lowest BCUT2D eigenvalue weighted by atomic mass is 10.1. The number of aromatic carboxylic acids is 1. The Morgan fingerprint density at radius 2 is 1.00 bits per heavy atom. The molecule has 0 bridgehead atoms. The number of esters is 1. The number of aryl methyl sites for hydroxylation is 2. The number of hydrogen-bond acceptors (Lipinski definition) is 5. The van der Waals surface area contributed by atoms with Crippen LogP contribution in [0.15, 0.2) is 158 Å². The van der Waals surface area contributed by atoms with Gasteiger partial charge in [-0.15, -0.1) is 0 Å². The summed E-state index contributed by atoms with van der Waals surface area (Å²) in [7, 11) is 0. The number of rotatable bonds is 13. The van der Waals surface area contributed by atoms with Crippen molar-refractivity contribution in [3.63, 3.8) is 0 Å². The number of aromatic nitrogens is 2. The van der Waals surface area contributed by atoms with Gasteiger partial charge in [0.1, 0.15) is 36.3 Å². The first-order chi connectivity index (χ1) is 30.9. The maximum Gasteiger partial charge on any atom is 0.338 e. The predicted octanol–water partition coefficient (Wildman–Crippen LogP) is 13.5. The van der Waals surface area contributed by atoms with Crippen LogP contribution in [0, 0.1) is 25.5 Å². The first-order valence-corrected chi connectivity index (χ1v) is 21.0. The Bertz CT molecular complexity index is 2930. The number of carbonyl (C=O) groups excluding carboxylic acids is 1. The number of hydrogen-bond donors (Lipinski definition) is 1. The van der Waals surface area contributed by atoms with Gasteiger partial charge in [0.05, 0.1) is 29.1 Å². The number of halogens is 4. The Kier molecular flexibility index (Phi) is 14.3. The molecule has 0 aliphatic carbocycles. The standard InChI is InChI=1S/C27H23ClFNO3.C25H19ClFNO3/c1-3-32-27(31)20-5-4-6-23(15-20)30-18(2)7-13-25(30)24-16-21(28)10-14-26(24)33-17-19-8-11-22(29)12-9-19;1-16-5-11-23(28(16)21-4-2-3-18(13-21)25(29)30)22-14-19(26)8-12-24(22)31-15-17-6-9-20(27)10-7-17/h4-16H,3,17H2,1-2H3;2-14H,15H2,1H3,(H,29,30). The Balaban J connectivity index is 0.000000192. The minimum atomic E-state index is -0.987. The van der Waals surface area contributed by atoms with Gasteiger partial charge in [0, 0.05) is 43.9 Å². The van der Waals surface area contributed by atoms with Gasteiger partial charge in [-0.05, 0) is 153 Å². The van der Waals surface area contributed by atoms with Crippen LogP contribution in [-0.4, -0.2) is 32.8 Å². The van der Waals surface area contributed by atoms with Crippen LogP contribution in [-0.2, 0) is 18.0 Å². The summed E-state index contributed by atoms with van der Waals surface area (Å²) in [5.74, 6) is -0.680. The molecule has 0 saturated heterocycles. The van der Waals surface area contributed by atoms with Crippen molar-refractivity contribution in [3.05, 3.63) is 213 Å². The molecule has 1 N–H and O–H groups in total. The number of carboxylic acids is 1. The summed E-state index contributed by atoms with van der Waals surface area (Å²) >= 11 is 12.6. The molecule has 8 aromatic rings. The number of carboxylic acid groups (broad SMARTS) is 1. The van der Waals surface area contributed by atoms with Gasteiger partial charge >= 0.3 is 11.9 Å². The number of carbonyl (C=O) groups is 2. The Hall–Kier alpha value is -7.14.